The van der Waals surface area contributed by atoms with Gasteiger partial charge < -0.3 is 14.8 Å². The lowest BCUT2D eigenvalue weighted by atomic mass is 9.76. The van der Waals surface area contributed by atoms with Crippen molar-refractivity contribution in [3.05, 3.63) is 144 Å². The first-order chi connectivity index (χ1) is 18.1. The number of carbonyl (C=O) groups is 2. The average Bonchev–Trinajstić information content (AvgIpc) is 2.98. The van der Waals surface area contributed by atoms with Gasteiger partial charge in [-0.25, -0.2) is 4.79 Å². The van der Waals surface area contributed by atoms with Crippen molar-refractivity contribution in [3.8, 4) is 0 Å². The maximum atomic E-state index is 13.0. The lowest BCUT2D eigenvalue weighted by molar-refractivity contribution is -0.143. The van der Waals surface area contributed by atoms with Crippen molar-refractivity contribution in [3.63, 3.8) is 0 Å². The molecule has 0 aliphatic heterocycles. The number of rotatable bonds is 10. The van der Waals surface area contributed by atoms with Crippen LogP contribution in [0.25, 0.3) is 0 Å². The summed E-state index contributed by atoms with van der Waals surface area (Å²) in [6.07, 6.45) is -0.621. The summed E-state index contributed by atoms with van der Waals surface area (Å²) in [5.41, 5.74) is 2.78. The average molecular weight is 495 g/mol. The number of nitrogens with one attached hydrogen (secondary N) is 2. The Balaban J connectivity index is 1.66. The zero-order valence-corrected chi connectivity index (χ0v) is 20.7. The number of amides is 1. The first-order valence-corrected chi connectivity index (χ1v) is 12.1. The van der Waals surface area contributed by atoms with E-state index in [-0.39, 0.29) is 13.2 Å². The van der Waals surface area contributed by atoms with Crippen molar-refractivity contribution in [1.29, 1.82) is 0 Å². The highest BCUT2D eigenvalue weighted by Crippen LogP contribution is 2.37. The third kappa shape index (κ3) is 6.23. The summed E-state index contributed by atoms with van der Waals surface area (Å²) in [4.78, 5) is 25.5. The number of carbonyl (C=O) groups excluding carboxylic acids is 2. The summed E-state index contributed by atoms with van der Waals surface area (Å²) in [5.74, 6) is -0.504. The van der Waals surface area contributed by atoms with Gasteiger partial charge in [0.05, 0.1) is 12.6 Å². The van der Waals surface area contributed by atoms with Gasteiger partial charge in [-0.3, -0.25) is 10.1 Å². The number of hydrogen-bond acceptors (Lipinski definition) is 5. The quantitative estimate of drug-likeness (QED) is 0.239. The van der Waals surface area contributed by atoms with E-state index in [0.717, 1.165) is 22.3 Å². The molecule has 0 saturated heterocycles. The molecule has 6 heteroatoms. The summed E-state index contributed by atoms with van der Waals surface area (Å²) < 4.78 is 10.5. The molecule has 0 heterocycles. The molecule has 1 amide bonds. The minimum atomic E-state index is -0.905. The number of benzene rings is 4. The fourth-order valence-electron chi connectivity index (χ4n) is 4.37. The van der Waals surface area contributed by atoms with Crippen molar-refractivity contribution >= 4 is 12.1 Å². The lowest BCUT2D eigenvalue weighted by Crippen LogP contribution is -2.56. The van der Waals surface area contributed by atoms with Crippen LogP contribution in [0.2, 0.25) is 0 Å². The molecule has 0 saturated carbocycles. The first-order valence-electron chi connectivity index (χ1n) is 12.1. The fourth-order valence-corrected chi connectivity index (χ4v) is 4.37. The van der Waals surface area contributed by atoms with Gasteiger partial charge in [-0.2, -0.15) is 0 Å². The minimum absolute atomic E-state index is 0.0332. The van der Waals surface area contributed by atoms with Gasteiger partial charge in [0.15, 0.2) is 0 Å². The van der Waals surface area contributed by atoms with Crippen LogP contribution >= 0.6 is 0 Å². The Bertz CT molecular complexity index is 1170. The van der Waals surface area contributed by atoms with Gasteiger partial charge in [0.2, 0.25) is 0 Å². The molecule has 0 aliphatic carbocycles. The number of methoxy groups -OCH3 is 1. The van der Waals surface area contributed by atoms with E-state index in [1.807, 2.05) is 121 Å². The van der Waals surface area contributed by atoms with E-state index in [9.17, 15) is 9.59 Å². The standard InChI is InChI=1S/C31H30N2O4/c1-36-29(34)28(22-32-30(35)37-23-24-14-6-2-7-15-24)33-31(25-16-8-3-9-17-25,26-18-10-4-11-19-26)27-20-12-5-13-21-27/h2-21,28,33H,22-23H2,1H3,(H,32,35)/t28-/m1/s1. The van der Waals surface area contributed by atoms with Crippen molar-refractivity contribution < 1.29 is 19.1 Å². The van der Waals surface area contributed by atoms with Crippen LogP contribution < -0.4 is 10.6 Å². The summed E-state index contributed by atoms with van der Waals surface area (Å²) in [5, 5.41) is 6.27. The molecule has 188 valence electrons. The van der Waals surface area contributed by atoms with Crippen LogP contribution in [0.5, 0.6) is 0 Å². The topological polar surface area (TPSA) is 76.7 Å². The Hall–Kier alpha value is -4.42. The summed E-state index contributed by atoms with van der Waals surface area (Å²) in [6.45, 7) is 0.0967. The monoisotopic (exact) mass is 494 g/mol. The van der Waals surface area contributed by atoms with Crippen molar-refractivity contribution in [2.45, 2.75) is 18.2 Å². The molecule has 0 fully saturated rings. The summed E-state index contributed by atoms with van der Waals surface area (Å²) in [7, 11) is 1.33. The normalized spacial score (nSPS) is 11.8. The van der Waals surface area contributed by atoms with E-state index in [1.54, 1.807) is 0 Å². The molecular weight excluding hydrogens is 464 g/mol. The fraction of sp³-hybridized carbons (Fsp3) is 0.161. The Kier molecular flexibility index (Phi) is 8.68. The molecule has 1 atom stereocenters. The Morgan fingerprint density at radius 1 is 0.703 bits per heavy atom. The predicted octanol–water partition coefficient (Wildman–Crippen LogP) is 5.04. The van der Waals surface area contributed by atoms with Crippen LogP contribution in [0, 0.1) is 0 Å². The van der Waals surface area contributed by atoms with E-state index >= 15 is 0 Å². The molecule has 6 nitrogen and oxygen atoms in total. The van der Waals surface area contributed by atoms with Crippen molar-refractivity contribution in [1.82, 2.24) is 10.6 Å². The van der Waals surface area contributed by atoms with Gasteiger partial charge in [-0.05, 0) is 22.3 Å². The van der Waals surface area contributed by atoms with Crippen molar-refractivity contribution in [2.75, 3.05) is 13.7 Å². The second-order valence-corrected chi connectivity index (χ2v) is 8.51. The molecule has 0 bridgehead atoms. The number of hydrogen-bond donors (Lipinski definition) is 2. The molecule has 4 aromatic rings. The molecular formula is C31H30N2O4. The third-order valence-electron chi connectivity index (χ3n) is 6.16. The molecule has 37 heavy (non-hydrogen) atoms. The summed E-state index contributed by atoms with van der Waals surface area (Å²) in [6, 6.07) is 38.3. The van der Waals surface area contributed by atoms with Gasteiger partial charge in [0, 0.05) is 6.54 Å². The smallest absolute Gasteiger partial charge is 0.407 e. The second kappa shape index (κ2) is 12.5. The zero-order valence-electron chi connectivity index (χ0n) is 20.7. The van der Waals surface area contributed by atoms with Gasteiger partial charge in [-0.15, -0.1) is 0 Å². The third-order valence-corrected chi connectivity index (χ3v) is 6.16. The largest absolute Gasteiger partial charge is 0.468 e. The minimum Gasteiger partial charge on any atom is -0.468 e. The Morgan fingerprint density at radius 2 is 1.14 bits per heavy atom. The van der Waals surface area contributed by atoms with Crippen LogP contribution in [0.3, 0.4) is 0 Å². The first kappa shape index (κ1) is 25.7. The molecule has 0 aliphatic rings. The molecule has 4 aromatic carbocycles. The van der Waals surface area contributed by atoms with E-state index in [1.165, 1.54) is 7.11 Å². The maximum Gasteiger partial charge on any atom is 0.407 e. The Morgan fingerprint density at radius 3 is 1.57 bits per heavy atom. The van der Waals surface area contributed by atoms with Gasteiger partial charge in [0.25, 0.3) is 0 Å². The lowest BCUT2D eigenvalue weighted by Gasteiger charge is -2.39. The van der Waals surface area contributed by atoms with Gasteiger partial charge in [-0.1, -0.05) is 121 Å². The van der Waals surface area contributed by atoms with Gasteiger partial charge >= 0.3 is 12.1 Å². The maximum absolute atomic E-state index is 13.0. The number of ether oxygens (including phenoxy) is 2. The van der Waals surface area contributed by atoms with Crippen LogP contribution in [0.4, 0.5) is 4.79 Å². The van der Waals surface area contributed by atoms with E-state index < -0.39 is 23.6 Å². The predicted molar refractivity (Wildman–Crippen MR) is 143 cm³/mol. The second-order valence-electron chi connectivity index (χ2n) is 8.51. The van der Waals surface area contributed by atoms with Crippen molar-refractivity contribution in [2.24, 2.45) is 0 Å². The molecule has 2 N–H and O–H groups in total. The van der Waals surface area contributed by atoms with Gasteiger partial charge in [0.1, 0.15) is 12.6 Å². The number of esters is 1. The highest BCUT2D eigenvalue weighted by atomic mass is 16.5. The number of alkyl carbamates (subject to hydrolysis) is 1. The zero-order chi connectivity index (χ0) is 25.9. The van der Waals surface area contributed by atoms with E-state index in [0.29, 0.717) is 0 Å². The van der Waals surface area contributed by atoms with Crippen LogP contribution in [-0.4, -0.2) is 31.8 Å². The highest BCUT2D eigenvalue weighted by Gasteiger charge is 2.40. The molecule has 0 aromatic heterocycles. The SMILES string of the molecule is COC(=O)[C@@H](CNC(=O)OCc1ccccc1)NC(c1ccccc1)(c1ccccc1)c1ccccc1. The molecule has 0 spiro atoms. The summed E-state index contributed by atoms with van der Waals surface area (Å²) >= 11 is 0. The van der Waals surface area contributed by atoms with E-state index in [4.69, 9.17) is 9.47 Å². The molecule has 4 rings (SSSR count). The van der Waals surface area contributed by atoms with Crippen LogP contribution in [0.15, 0.2) is 121 Å². The van der Waals surface area contributed by atoms with Crippen LogP contribution in [0.1, 0.15) is 22.3 Å². The highest BCUT2D eigenvalue weighted by molar-refractivity contribution is 5.78. The Labute approximate surface area is 217 Å². The van der Waals surface area contributed by atoms with Crippen LogP contribution in [-0.2, 0) is 26.4 Å². The van der Waals surface area contributed by atoms with E-state index in [2.05, 4.69) is 10.6 Å². The molecule has 0 unspecified atom stereocenters. The molecule has 0 radical (unpaired) electrons.